The zero-order valence-corrected chi connectivity index (χ0v) is 18.8. The number of sulfonamides is 1. The lowest BCUT2D eigenvalue weighted by atomic mass is 10.1. The highest BCUT2D eigenvalue weighted by Gasteiger charge is 2.27. The molecule has 1 saturated carbocycles. The van der Waals surface area contributed by atoms with Crippen LogP contribution < -0.4 is 14.8 Å². The molecule has 0 saturated heterocycles. The monoisotopic (exact) mass is 470 g/mol. The van der Waals surface area contributed by atoms with Crippen molar-refractivity contribution in [3.63, 3.8) is 0 Å². The smallest absolute Gasteiger partial charge is 0.240 e. The maximum atomic E-state index is 12.5. The number of para-hydroxylation sites is 1. The van der Waals surface area contributed by atoms with Gasteiger partial charge in [0, 0.05) is 17.5 Å². The predicted octanol–water partition coefficient (Wildman–Crippen LogP) is 5.14. The fraction of sp³-hybridized carbons (Fsp3) is 0.208. The first kappa shape index (κ1) is 22.3. The van der Waals surface area contributed by atoms with Crippen LogP contribution in [0.25, 0.3) is 0 Å². The number of rotatable bonds is 9. The number of carbonyl (C=O) groups is 1. The lowest BCUT2D eigenvalue weighted by Gasteiger charge is -2.13. The number of anilines is 1. The summed E-state index contributed by atoms with van der Waals surface area (Å²) >= 11 is 6.10. The number of benzene rings is 3. The van der Waals surface area contributed by atoms with Crippen LogP contribution >= 0.6 is 11.6 Å². The number of halogens is 1. The third-order valence-corrected chi connectivity index (χ3v) is 6.73. The van der Waals surface area contributed by atoms with Gasteiger partial charge in [0.05, 0.1) is 10.6 Å². The lowest BCUT2D eigenvalue weighted by Crippen LogP contribution is -2.25. The van der Waals surface area contributed by atoms with Crippen molar-refractivity contribution < 1.29 is 17.9 Å². The van der Waals surface area contributed by atoms with Crippen LogP contribution in [-0.2, 0) is 21.2 Å². The SMILES string of the molecule is O=C(CCc1ccc(S(=O)(=O)NC2CC2)cc1)Nc1cc(Cl)ccc1Oc1ccccc1. The Balaban J connectivity index is 1.36. The Labute approximate surface area is 192 Å². The predicted molar refractivity (Wildman–Crippen MR) is 125 cm³/mol. The van der Waals surface area contributed by atoms with E-state index in [1.54, 1.807) is 42.5 Å². The van der Waals surface area contributed by atoms with Crippen molar-refractivity contribution >= 4 is 33.2 Å². The van der Waals surface area contributed by atoms with E-state index in [1.165, 1.54) is 0 Å². The second kappa shape index (κ2) is 9.73. The summed E-state index contributed by atoms with van der Waals surface area (Å²) in [5, 5.41) is 3.34. The molecule has 0 heterocycles. The van der Waals surface area contributed by atoms with Gasteiger partial charge in [-0.25, -0.2) is 13.1 Å². The van der Waals surface area contributed by atoms with Gasteiger partial charge < -0.3 is 10.1 Å². The lowest BCUT2D eigenvalue weighted by molar-refractivity contribution is -0.116. The quantitative estimate of drug-likeness (QED) is 0.453. The van der Waals surface area contributed by atoms with Gasteiger partial charge in [-0.3, -0.25) is 4.79 Å². The molecule has 3 aromatic carbocycles. The molecule has 0 aliphatic heterocycles. The fourth-order valence-corrected chi connectivity index (χ4v) is 4.58. The first-order chi connectivity index (χ1) is 15.4. The van der Waals surface area contributed by atoms with Gasteiger partial charge in [-0.2, -0.15) is 0 Å². The zero-order chi connectivity index (χ0) is 22.6. The summed E-state index contributed by atoms with van der Waals surface area (Å²) in [6.45, 7) is 0. The summed E-state index contributed by atoms with van der Waals surface area (Å²) in [6.07, 6.45) is 2.47. The van der Waals surface area contributed by atoms with E-state index in [1.807, 2.05) is 30.3 Å². The van der Waals surface area contributed by atoms with Crippen molar-refractivity contribution in [2.24, 2.45) is 0 Å². The molecule has 0 radical (unpaired) electrons. The van der Waals surface area contributed by atoms with Crippen molar-refractivity contribution in [1.82, 2.24) is 4.72 Å². The Kier molecular flexibility index (Phi) is 6.79. The van der Waals surface area contributed by atoms with Gasteiger partial charge in [-0.05, 0) is 67.3 Å². The van der Waals surface area contributed by atoms with Crippen LogP contribution in [-0.4, -0.2) is 20.4 Å². The summed E-state index contributed by atoms with van der Waals surface area (Å²) in [4.78, 5) is 12.8. The number of ether oxygens (including phenoxy) is 1. The van der Waals surface area contributed by atoms with Crippen LogP contribution in [0.3, 0.4) is 0 Å². The third kappa shape index (κ3) is 6.09. The average Bonchev–Trinajstić information content (AvgIpc) is 3.58. The Morgan fingerprint density at radius 3 is 2.41 bits per heavy atom. The van der Waals surface area contributed by atoms with E-state index in [4.69, 9.17) is 16.3 Å². The van der Waals surface area contributed by atoms with Crippen LogP contribution in [0, 0.1) is 0 Å². The number of hydrogen-bond acceptors (Lipinski definition) is 4. The number of amides is 1. The summed E-state index contributed by atoms with van der Waals surface area (Å²) in [6, 6.07) is 21.0. The molecule has 1 aliphatic carbocycles. The van der Waals surface area contributed by atoms with Crippen LogP contribution in [0.15, 0.2) is 77.7 Å². The van der Waals surface area contributed by atoms with Crippen molar-refractivity contribution in [3.05, 3.63) is 83.4 Å². The molecular formula is C24H23ClN2O4S. The molecule has 1 amide bonds. The van der Waals surface area contributed by atoms with Gasteiger partial charge in [0.1, 0.15) is 5.75 Å². The van der Waals surface area contributed by atoms with Gasteiger partial charge in [0.2, 0.25) is 15.9 Å². The Bertz CT molecular complexity index is 1190. The number of hydrogen-bond donors (Lipinski definition) is 2. The number of carbonyl (C=O) groups excluding carboxylic acids is 1. The Morgan fingerprint density at radius 1 is 1.00 bits per heavy atom. The number of aryl methyl sites for hydroxylation is 1. The molecule has 1 aliphatic rings. The minimum atomic E-state index is -3.48. The Morgan fingerprint density at radius 2 is 1.72 bits per heavy atom. The van der Waals surface area contributed by atoms with Crippen molar-refractivity contribution in [2.75, 3.05) is 5.32 Å². The summed E-state index contributed by atoms with van der Waals surface area (Å²) in [5.41, 5.74) is 1.36. The molecule has 166 valence electrons. The molecule has 0 aromatic heterocycles. The molecular weight excluding hydrogens is 448 g/mol. The number of nitrogens with one attached hydrogen (secondary N) is 2. The van der Waals surface area contributed by atoms with Gasteiger partial charge in [-0.1, -0.05) is 41.9 Å². The topological polar surface area (TPSA) is 84.5 Å². The maximum Gasteiger partial charge on any atom is 0.240 e. The average molecular weight is 471 g/mol. The minimum absolute atomic E-state index is 0.0608. The van der Waals surface area contributed by atoms with E-state index < -0.39 is 10.0 Å². The second-order valence-corrected chi connectivity index (χ2v) is 9.79. The van der Waals surface area contributed by atoms with Gasteiger partial charge in [0.25, 0.3) is 0 Å². The minimum Gasteiger partial charge on any atom is -0.455 e. The molecule has 0 spiro atoms. The second-order valence-electron chi connectivity index (χ2n) is 7.64. The highest BCUT2D eigenvalue weighted by molar-refractivity contribution is 7.89. The molecule has 1 fully saturated rings. The van der Waals surface area contributed by atoms with Crippen LogP contribution in [0.1, 0.15) is 24.8 Å². The molecule has 4 rings (SSSR count). The molecule has 0 unspecified atom stereocenters. The molecule has 0 bridgehead atoms. The van der Waals surface area contributed by atoms with Crippen molar-refractivity contribution in [1.29, 1.82) is 0 Å². The van der Waals surface area contributed by atoms with E-state index in [2.05, 4.69) is 10.0 Å². The molecule has 8 heteroatoms. The maximum absolute atomic E-state index is 12.5. The van der Waals surface area contributed by atoms with E-state index >= 15 is 0 Å². The summed E-state index contributed by atoms with van der Waals surface area (Å²) in [7, 11) is -3.48. The standard InChI is InChI=1S/C24H23ClN2O4S/c25-18-9-14-23(31-20-4-2-1-3-5-20)22(16-18)26-24(28)15-8-17-6-12-21(13-7-17)32(29,30)27-19-10-11-19/h1-7,9,12-14,16,19,27H,8,10-11,15H2,(H,26,28). The Hall–Kier alpha value is -2.87. The summed E-state index contributed by atoms with van der Waals surface area (Å²) < 4.78 is 33.0. The van der Waals surface area contributed by atoms with E-state index in [0.29, 0.717) is 28.6 Å². The molecule has 3 aromatic rings. The van der Waals surface area contributed by atoms with Crippen LogP contribution in [0.4, 0.5) is 5.69 Å². The normalized spacial score (nSPS) is 13.5. The van der Waals surface area contributed by atoms with Crippen LogP contribution in [0.2, 0.25) is 5.02 Å². The van der Waals surface area contributed by atoms with E-state index in [9.17, 15) is 13.2 Å². The third-order valence-electron chi connectivity index (χ3n) is 4.96. The van der Waals surface area contributed by atoms with Crippen LogP contribution in [0.5, 0.6) is 11.5 Å². The van der Waals surface area contributed by atoms with Crippen molar-refractivity contribution in [2.45, 2.75) is 36.6 Å². The molecule has 6 nitrogen and oxygen atoms in total. The van der Waals surface area contributed by atoms with E-state index in [-0.39, 0.29) is 23.3 Å². The van der Waals surface area contributed by atoms with Gasteiger partial charge >= 0.3 is 0 Å². The largest absolute Gasteiger partial charge is 0.455 e. The zero-order valence-electron chi connectivity index (χ0n) is 17.3. The summed E-state index contributed by atoms with van der Waals surface area (Å²) in [5.74, 6) is 0.945. The van der Waals surface area contributed by atoms with Crippen molar-refractivity contribution in [3.8, 4) is 11.5 Å². The van der Waals surface area contributed by atoms with Gasteiger partial charge in [0.15, 0.2) is 5.75 Å². The van der Waals surface area contributed by atoms with E-state index in [0.717, 1.165) is 18.4 Å². The molecule has 0 atom stereocenters. The first-order valence-electron chi connectivity index (χ1n) is 10.3. The molecule has 2 N–H and O–H groups in total. The fourth-order valence-electron chi connectivity index (χ4n) is 3.10. The van der Waals surface area contributed by atoms with Gasteiger partial charge in [-0.15, -0.1) is 0 Å². The highest BCUT2D eigenvalue weighted by Crippen LogP contribution is 2.32. The first-order valence-corrected chi connectivity index (χ1v) is 12.2. The molecule has 32 heavy (non-hydrogen) atoms. The highest BCUT2D eigenvalue weighted by atomic mass is 35.5.